The summed E-state index contributed by atoms with van der Waals surface area (Å²) in [4.78, 5) is 0. The predicted molar refractivity (Wildman–Crippen MR) is 306 cm³/mol. The second-order valence-corrected chi connectivity index (χ2v) is 21.8. The maximum atomic E-state index is 6.80. The fraction of sp³-hybridized carbons (Fsp3) is 1.00. The van der Waals surface area contributed by atoms with Crippen LogP contribution in [0.3, 0.4) is 0 Å². The highest BCUT2D eigenvalue weighted by Crippen LogP contribution is 2.24. The van der Waals surface area contributed by atoms with Crippen LogP contribution in [0.15, 0.2) is 0 Å². The Hall–Kier alpha value is -0.120. The fourth-order valence-corrected chi connectivity index (χ4v) is 10.1. The van der Waals surface area contributed by atoms with Gasteiger partial charge >= 0.3 is 0 Å². The van der Waals surface area contributed by atoms with Crippen molar-refractivity contribution in [3.8, 4) is 0 Å². The Kier molecular flexibility index (Phi) is 67.8. The van der Waals surface area contributed by atoms with Gasteiger partial charge in [-0.1, -0.05) is 338 Å². The van der Waals surface area contributed by atoms with E-state index in [0.29, 0.717) is 24.4 Å². The van der Waals surface area contributed by atoms with E-state index < -0.39 is 0 Å². The van der Waals surface area contributed by atoms with E-state index >= 15 is 0 Å². The largest absolute Gasteiger partial charge is 0.412 e. The van der Waals surface area contributed by atoms with Gasteiger partial charge in [-0.05, 0) is 51.4 Å². The van der Waals surface area contributed by atoms with Crippen molar-refractivity contribution in [2.45, 2.75) is 414 Å². The van der Waals surface area contributed by atoms with Crippen LogP contribution in [0.2, 0.25) is 0 Å². The van der Waals surface area contributed by atoms with Crippen molar-refractivity contribution in [3.63, 3.8) is 0 Å². The molecule has 0 aromatic rings. The molecule has 0 aliphatic carbocycles. The first-order valence-electron chi connectivity index (χ1n) is 31.9. The predicted octanol–water partition coefficient (Wildman–Crippen LogP) is 23.1. The number of hydrogen-bond acceptors (Lipinski definition) is 2. The van der Waals surface area contributed by atoms with Crippen LogP contribution < -0.4 is 0 Å². The zero-order chi connectivity index (χ0) is 48.5. The summed E-state index contributed by atoms with van der Waals surface area (Å²) in [6, 6.07) is 0. The van der Waals surface area contributed by atoms with Gasteiger partial charge in [-0.2, -0.15) is 0 Å². The van der Waals surface area contributed by atoms with Crippen LogP contribution in [0.5, 0.6) is 0 Å². The molecule has 0 aliphatic heterocycles. The summed E-state index contributed by atoms with van der Waals surface area (Å²) in [6.45, 7) is 18.5. The van der Waals surface area contributed by atoms with E-state index in [1.165, 1.54) is 334 Å². The van der Waals surface area contributed by atoms with E-state index in [1.54, 1.807) is 0 Å². The van der Waals surface area contributed by atoms with Crippen LogP contribution in [0.1, 0.15) is 389 Å². The van der Waals surface area contributed by atoms with E-state index in [1.807, 2.05) is 0 Å². The summed E-state index contributed by atoms with van der Waals surface area (Å²) >= 11 is 0. The van der Waals surface area contributed by atoms with Gasteiger partial charge in [-0.3, -0.25) is 0 Å². The van der Waals surface area contributed by atoms with Gasteiger partial charge in [0.2, 0.25) is 0 Å². The molecular weight excluding hydrogens is 817 g/mol. The molecule has 0 aliphatic rings. The summed E-state index contributed by atoms with van der Waals surface area (Å²) < 4.78 is 13.6. The molecule has 2 N–H and O–H groups in total. The third kappa shape index (κ3) is 58.3. The van der Waals surface area contributed by atoms with Crippen LogP contribution in [0.4, 0.5) is 0 Å². The summed E-state index contributed by atoms with van der Waals surface area (Å²) in [7, 11) is 0. The molecule has 0 spiro atoms. The van der Waals surface area contributed by atoms with Crippen molar-refractivity contribution in [1.29, 1.82) is 0 Å². The highest BCUT2D eigenvalue weighted by molar-refractivity contribution is 4.68. The normalized spacial score (nSPS) is 13.3. The second-order valence-electron chi connectivity index (χ2n) is 21.8. The quantitative estimate of drug-likeness (QED) is 0.0571. The zero-order valence-electron chi connectivity index (χ0n) is 48.4. The first-order valence-corrected chi connectivity index (χ1v) is 31.9. The zero-order valence-corrected chi connectivity index (χ0v) is 48.4. The third-order valence-electron chi connectivity index (χ3n) is 14.8. The molecule has 0 amide bonds. The number of unbranched alkanes of at least 4 members (excludes halogenated alkanes) is 36. The van der Waals surface area contributed by atoms with Crippen LogP contribution in [0.25, 0.3) is 0 Å². The third-order valence-corrected chi connectivity index (χ3v) is 14.8. The van der Waals surface area contributed by atoms with Gasteiger partial charge in [0.1, 0.15) is 0 Å². The standard InChI is InChI=1S/2C32H66O.H2O/c2*1-5-9-13-15-17-19-21-23-25-29-31(27-11-7-3)33-32(28-12-8-4)30-26-24-22-20-18-16-14-10-6-2;/h2*31-32H,5-30H2,1-4H3;1H2. The molecule has 0 bridgehead atoms. The minimum absolute atomic E-state index is 0. The summed E-state index contributed by atoms with van der Waals surface area (Å²) in [5.74, 6) is 0. The molecule has 408 valence electrons. The second kappa shape index (κ2) is 63.9. The minimum Gasteiger partial charge on any atom is -0.412 e. The highest BCUT2D eigenvalue weighted by atomic mass is 16.5. The molecule has 0 saturated heterocycles. The first-order chi connectivity index (χ1) is 32.6. The summed E-state index contributed by atoms with van der Waals surface area (Å²) in [5, 5.41) is 0. The number of rotatable bonds is 56. The van der Waals surface area contributed by atoms with Gasteiger partial charge in [0.25, 0.3) is 0 Å². The molecule has 4 unspecified atom stereocenters. The fourth-order valence-electron chi connectivity index (χ4n) is 10.1. The maximum absolute atomic E-state index is 6.80. The Morgan fingerprint density at radius 1 is 0.164 bits per heavy atom. The molecule has 4 atom stereocenters. The molecule has 0 aromatic carbocycles. The van der Waals surface area contributed by atoms with E-state index in [0.717, 1.165) is 0 Å². The summed E-state index contributed by atoms with van der Waals surface area (Å²) in [5.41, 5.74) is 0. The van der Waals surface area contributed by atoms with E-state index in [9.17, 15) is 0 Å². The lowest BCUT2D eigenvalue weighted by molar-refractivity contribution is -0.0322. The summed E-state index contributed by atoms with van der Waals surface area (Å²) in [6.07, 6.45) is 74.2. The monoisotopic (exact) mass is 951 g/mol. The molecule has 0 fully saturated rings. The van der Waals surface area contributed by atoms with Crippen molar-refractivity contribution >= 4 is 0 Å². The van der Waals surface area contributed by atoms with Gasteiger partial charge < -0.3 is 14.9 Å². The van der Waals surface area contributed by atoms with Gasteiger partial charge in [0, 0.05) is 0 Å². The molecule has 0 radical (unpaired) electrons. The van der Waals surface area contributed by atoms with E-state index in [-0.39, 0.29) is 5.48 Å². The van der Waals surface area contributed by atoms with Gasteiger partial charge in [-0.15, -0.1) is 0 Å². The van der Waals surface area contributed by atoms with E-state index in [4.69, 9.17) is 9.47 Å². The lowest BCUT2D eigenvalue weighted by Crippen LogP contribution is -2.23. The Morgan fingerprint density at radius 3 is 0.433 bits per heavy atom. The van der Waals surface area contributed by atoms with Crippen LogP contribution in [0, 0.1) is 0 Å². The minimum atomic E-state index is 0. The molecule has 0 saturated carbocycles. The van der Waals surface area contributed by atoms with Crippen molar-refractivity contribution in [3.05, 3.63) is 0 Å². The van der Waals surface area contributed by atoms with Crippen molar-refractivity contribution in [2.75, 3.05) is 0 Å². The average Bonchev–Trinajstić information content (AvgIpc) is 3.33. The topological polar surface area (TPSA) is 50.0 Å². The van der Waals surface area contributed by atoms with E-state index in [2.05, 4.69) is 55.4 Å². The Bertz CT molecular complexity index is 686. The molecular formula is C64H134O3. The number of ether oxygens (including phenoxy) is 2. The van der Waals surface area contributed by atoms with Crippen LogP contribution in [-0.4, -0.2) is 29.9 Å². The van der Waals surface area contributed by atoms with Crippen LogP contribution >= 0.6 is 0 Å². The Labute approximate surface area is 426 Å². The SMILES string of the molecule is CCCCCCCCCCCC(CCCC)OC(CCCC)CCCCCCCCCCC.CCCCCCCCCCCC(CCCC)OC(CCCC)CCCCCCCCCCC.O. The van der Waals surface area contributed by atoms with Gasteiger partial charge in [0.15, 0.2) is 0 Å². The number of hydrogen-bond donors (Lipinski definition) is 0. The Balaban J connectivity index is -0.00000120. The molecule has 67 heavy (non-hydrogen) atoms. The van der Waals surface area contributed by atoms with Gasteiger partial charge in [0.05, 0.1) is 24.4 Å². The smallest absolute Gasteiger partial charge is 0.0578 e. The average molecular weight is 952 g/mol. The first kappa shape index (κ1) is 71.1. The maximum Gasteiger partial charge on any atom is 0.0578 e. The van der Waals surface area contributed by atoms with Gasteiger partial charge in [-0.25, -0.2) is 0 Å². The lowest BCUT2D eigenvalue weighted by Gasteiger charge is -2.25. The molecule has 3 nitrogen and oxygen atoms in total. The molecule has 0 rings (SSSR count). The lowest BCUT2D eigenvalue weighted by atomic mass is 10.0. The van der Waals surface area contributed by atoms with Crippen LogP contribution in [-0.2, 0) is 9.47 Å². The molecule has 3 heteroatoms. The molecule has 0 heterocycles. The van der Waals surface area contributed by atoms with Crippen molar-refractivity contribution in [1.82, 2.24) is 0 Å². The Morgan fingerprint density at radius 2 is 0.284 bits per heavy atom. The van der Waals surface area contributed by atoms with Crippen molar-refractivity contribution < 1.29 is 14.9 Å². The van der Waals surface area contributed by atoms with Crippen molar-refractivity contribution in [2.24, 2.45) is 0 Å². The molecule has 0 aromatic heterocycles. The highest BCUT2D eigenvalue weighted by Gasteiger charge is 2.18.